The van der Waals surface area contributed by atoms with Crippen LogP contribution in [-0.2, 0) is 23.5 Å². The smallest absolute Gasteiger partial charge is 0.0691 e. The van der Waals surface area contributed by atoms with E-state index in [0.29, 0.717) is 26.4 Å². The summed E-state index contributed by atoms with van der Waals surface area (Å²) in [5.74, 6) is 0. The monoisotopic (exact) mass is 520 g/mol. The van der Waals surface area contributed by atoms with E-state index in [1.54, 1.807) is 0 Å². The minimum absolute atomic E-state index is 0.0919. The number of hydrogen-bond acceptors (Lipinski definition) is 5. The Labute approximate surface area is 220 Å². The van der Waals surface area contributed by atoms with Crippen molar-refractivity contribution in [2.45, 2.75) is 156 Å². The van der Waals surface area contributed by atoms with Gasteiger partial charge in [-0.15, -0.1) is 0 Å². The summed E-state index contributed by atoms with van der Waals surface area (Å²) in [5, 5.41) is 0. The lowest BCUT2D eigenvalue weighted by Crippen LogP contribution is -2.36. The first kappa shape index (κ1) is 35.2. The average molecular weight is 521 g/mol. The van der Waals surface area contributed by atoms with E-state index in [4.69, 9.17) is 23.5 Å². The first-order chi connectivity index (χ1) is 15.8. The van der Waals surface area contributed by atoms with Gasteiger partial charge < -0.3 is 23.5 Å². The minimum atomic E-state index is -0.762. The third-order valence-corrected chi connectivity index (χ3v) is 9.30. The van der Waals surface area contributed by atoms with Gasteiger partial charge in [-0.3, -0.25) is 0 Å². The minimum Gasteiger partial charge on any atom is -0.375 e. The molecule has 0 bridgehead atoms. The lowest BCUT2D eigenvalue weighted by atomic mass is 10.0. The van der Waals surface area contributed by atoms with Crippen molar-refractivity contribution in [3.63, 3.8) is 0 Å². The van der Waals surface area contributed by atoms with E-state index >= 15 is 0 Å². The molecule has 0 heterocycles. The fourth-order valence-corrected chi connectivity index (χ4v) is 4.53. The van der Waals surface area contributed by atoms with Crippen molar-refractivity contribution in [3.05, 3.63) is 0 Å². The molecule has 2 atom stereocenters. The SMILES string of the molecule is CCC(C)(C)OCCC(C)(C)OCC(COC(C)(C)CC)P(C)OC(C)(C)CCOC(C)(C)CC. The van der Waals surface area contributed by atoms with Crippen molar-refractivity contribution in [3.8, 4) is 0 Å². The van der Waals surface area contributed by atoms with Crippen LogP contribution in [0.1, 0.15) is 122 Å². The molecule has 0 aliphatic carbocycles. The van der Waals surface area contributed by atoms with Crippen molar-refractivity contribution >= 4 is 8.15 Å². The van der Waals surface area contributed by atoms with Crippen LogP contribution in [0.25, 0.3) is 0 Å². The molecular formula is C29H61O5P. The zero-order valence-corrected chi connectivity index (χ0v) is 26.8. The van der Waals surface area contributed by atoms with Crippen molar-refractivity contribution in [1.82, 2.24) is 0 Å². The van der Waals surface area contributed by atoms with Crippen molar-refractivity contribution in [2.75, 3.05) is 33.1 Å². The molecule has 2 unspecified atom stereocenters. The normalized spacial score (nSPS) is 15.9. The molecule has 0 aromatic carbocycles. The van der Waals surface area contributed by atoms with E-state index in [-0.39, 0.29) is 33.7 Å². The van der Waals surface area contributed by atoms with E-state index in [9.17, 15) is 0 Å². The molecule has 0 saturated heterocycles. The summed E-state index contributed by atoms with van der Waals surface area (Å²) in [6.45, 7) is 32.8. The Morgan fingerprint density at radius 3 is 1.26 bits per heavy atom. The van der Waals surface area contributed by atoms with Gasteiger partial charge in [0.2, 0.25) is 0 Å². The molecule has 212 valence electrons. The molecule has 0 saturated carbocycles. The lowest BCUT2D eigenvalue weighted by Gasteiger charge is -2.37. The zero-order chi connectivity index (χ0) is 27.6. The molecule has 0 amide bonds. The van der Waals surface area contributed by atoms with Gasteiger partial charge in [0.05, 0.1) is 60.1 Å². The molecule has 0 N–H and O–H groups in total. The highest BCUT2D eigenvalue weighted by molar-refractivity contribution is 7.52. The Morgan fingerprint density at radius 2 is 0.857 bits per heavy atom. The first-order valence-electron chi connectivity index (χ1n) is 13.8. The lowest BCUT2D eigenvalue weighted by molar-refractivity contribution is -0.0814. The maximum Gasteiger partial charge on any atom is 0.0691 e. The highest BCUT2D eigenvalue weighted by Gasteiger charge is 2.31. The Morgan fingerprint density at radius 1 is 0.514 bits per heavy atom. The third kappa shape index (κ3) is 16.6. The maximum absolute atomic E-state index is 6.65. The fourth-order valence-electron chi connectivity index (χ4n) is 2.94. The second-order valence-electron chi connectivity index (χ2n) is 13.0. The van der Waals surface area contributed by atoms with Gasteiger partial charge in [-0.1, -0.05) is 20.8 Å². The van der Waals surface area contributed by atoms with Gasteiger partial charge in [0.1, 0.15) is 0 Å². The van der Waals surface area contributed by atoms with Gasteiger partial charge in [-0.05, 0) is 108 Å². The van der Waals surface area contributed by atoms with E-state index in [0.717, 1.165) is 32.1 Å². The van der Waals surface area contributed by atoms with Crippen molar-refractivity contribution in [2.24, 2.45) is 0 Å². The maximum atomic E-state index is 6.65. The summed E-state index contributed by atoms with van der Waals surface area (Å²) in [7, 11) is -0.762. The number of ether oxygens (including phenoxy) is 4. The summed E-state index contributed by atoms with van der Waals surface area (Å²) in [5.41, 5.74) is -0.685. The van der Waals surface area contributed by atoms with E-state index in [2.05, 4.69) is 96.7 Å². The Bertz CT molecular complexity index is 571. The summed E-state index contributed by atoms with van der Waals surface area (Å²) < 4.78 is 31.6. The van der Waals surface area contributed by atoms with Gasteiger partial charge >= 0.3 is 0 Å². The fraction of sp³-hybridized carbons (Fsp3) is 1.00. The molecule has 0 spiro atoms. The largest absolute Gasteiger partial charge is 0.375 e. The van der Waals surface area contributed by atoms with Crippen LogP contribution in [0.4, 0.5) is 0 Å². The van der Waals surface area contributed by atoms with Crippen LogP contribution in [0.5, 0.6) is 0 Å². The molecule has 0 aromatic rings. The topological polar surface area (TPSA) is 46.2 Å². The predicted octanol–water partition coefficient (Wildman–Crippen LogP) is 8.37. The van der Waals surface area contributed by atoms with Crippen LogP contribution in [0.2, 0.25) is 0 Å². The van der Waals surface area contributed by atoms with E-state index < -0.39 is 8.15 Å². The Hall–Kier alpha value is 0.230. The van der Waals surface area contributed by atoms with Crippen LogP contribution in [-0.4, -0.2) is 66.8 Å². The van der Waals surface area contributed by atoms with E-state index in [1.807, 2.05) is 0 Å². The zero-order valence-electron chi connectivity index (χ0n) is 25.9. The first-order valence-corrected chi connectivity index (χ1v) is 15.5. The molecule has 0 aromatic heterocycles. The van der Waals surface area contributed by atoms with Gasteiger partial charge in [0.25, 0.3) is 0 Å². The molecule has 35 heavy (non-hydrogen) atoms. The summed E-state index contributed by atoms with van der Waals surface area (Å²) >= 11 is 0. The summed E-state index contributed by atoms with van der Waals surface area (Å²) in [4.78, 5) is 0. The molecule has 0 fully saturated rings. The number of rotatable bonds is 20. The summed E-state index contributed by atoms with van der Waals surface area (Å²) in [6.07, 6.45) is 4.66. The van der Waals surface area contributed by atoms with Crippen molar-refractivity contribution in [1.29, 1.82) is 0 Å². The average Bonchev–Trinajstić information content (AvgIpc) is 2.72. The standard InChI is InChI=1S/C29H61O5P/c1-15-25(4,5)30-20-18-28(10,11)33-23-24(22-32-27(8,9)17-3)35(14)34-29(12,13)19-21-31-26(6,7)16-2/h24H,15-23H2,1-14H3. The second-order valence-corrected chi connectivity index (χ2v) is 15.0. The molecule has 0 aliphatic heterocycles. The van der Waals surface area contributed by atoms with Crippen molar-refractivity contribution < 1.29 is 23.5 Å². The Kier molecular flexibility index (Phi) is 15.1. The predicted molar refractivity (Wildman–Crippen MR) is 152 cm³/mol. The van der Waals surface area contributed by atoms with Crippen LogP contribution in [0, 0.1) is 0 Å². The number of hydrogen-bond donors (Lipinski definition) is 0. The van der Waals surface area contributed by atoms with Crippen LogP contribution in [0.3, 0.4) is 0 Å². The highest BCUT2D eigenvalue weighted by Crippen LogP contribution is 2.45. The molecule has 0 aliphatic rings. The summed E-state index contributed by atoms with van der Waals surface area (Å²) in [6, 6.07) is 0. The van der Waals surface area contributed by atoms with Crippen LogP contribution < -0.4 is 0 Å². The molecular weight excluding hydrogens is 459 g/mol. The molecule has 6 heteroatoms. The molecule has 0 radical (unpaired) electrons. The third-order valence-electron chi connectivity index (χ3n) is 7.19. The van der Waals surface area contributed by atoms with Gasteiger partial charge in [-0.25, -0.2) is 0 Å². The molecule has 0 rings (SSSR count). The van der Waals surface area contributed by atoms with Crippen LogP contribution in [0.15, 0.2) is 0 Å². The Balaban J connectivity index is 5.09. The van der Waals surface area contributed by atoms with Gasteiger partial charge in [-0.2, -0.15) is 0 Å². The van der Waals surface area contributed by atoms with Gasteiger partial charge in [0, 0.05) is 8.15 Å². The van der Waals surface area contributed by atoms with E-state index in [1.165, 1.54) is 0 Å². The van der Waals surface area contributed by atoms with Gasteiger partial charge in [0.15, 0.2) is 0 Å². The highest BCUT2D eigenvalue weighted by atomic mass is 31.1. The second kappa shape index (κ2) is 15.0. The quantitative estimate of drug-likeness (QED) is 0.151. The van der Waals surface area contributed by atoms with Crippen LogP contribution >= 0.6 is 8.15 Å². The molecule has 5 nitrogen and oxygen atoms in total.